The largest absolute Gasteiger partial charge is 0.462 e. The average molecular weight is 697 g/mol. The SMILES string of the molecule is CCCCCCCCCCCCCCCCCC(=O)O[C@H]1CC[C@]2(C)[C@H]3CC[C@]4(C)[C@@H]([C@H](C)/C=C\[C@H](C)C(C)C)CC[C@H]4C3=C[C@H](O)[C@@]2(O)C1. The first-order chi connectivity index (χ1) is 23.9. The Bertz CT molecular complexity index is 1090. The molecule has 3 fully saturated rings. The lowest BCUT2D eigenvalue weighted by Crippen LogP contribution is -2.65. The lowest BCUT2D eigenvalue weighted by atomic mass is 9.45. The van der Waals surface area contributed by atoms with Crippen molar-refractivity contribution in [1.29, 1.82) is 0 Å². The van der Waals surface area contributed by atoms with Crippen LogP contribution in [0.4, 0.5) is 0 Å². The summed E-state index contributed by atoms with van der Waals surface area (Å²) in [4.78, 5) is 12.9. The molecule has 2 N–H and O–H groups in total. The quantitative estimate of drug-likeness (QED) is 0.0712. The van der Waals surface area contributed by atoms with Crippen LogP contribution >= 0.6 is 0 Å². The molecule has 0 aromatic carbocycles. The van der Waals surface area contributed by atoms with Gasteiger partial charge in [-0.2, -0.15) is 0 Å². The first-order valence-electron chi connectivity index (χ1n) is 21.9. The zero-order chi connectivity index (χ0) is 36.4. The van der Waals surface area contributed by atoms with Gasteiger partial charge in [-0.3, -0.25) is 4.79 Å². The Morgan fingerprint density at radius 2 is 1.38 bits per heavy atom. The van der Waals surface area contributed by atoms with Gasteiger partial charge in [-0.05, 0) is 85.9 Å². The van der Waals surface area contributed by atoms with Crippen LogP contribution in [0.25, 0.3) is 0 Å². The highest BCUT2D eigenvalue weighted by molar-refractivity contribution is 5.69. The number of esters is 1. The zero-order valence-corrected chi connectivity index (χ0v) is 33.8. The maximum Gasteiger partial charge on any atom is 0.306 e. The molecule has 4 nitrogen and oxygen atoms in total. The Labute approximate surface area is 309 Å². The number of ether oxygens (including phenoxy) is 1. The van der Waals surface area contributed by atoms with Crippen molar-refractivity contribution in [2.75, 3.05) is 0 Å². The molecule has 4 heteroatoms. The van der Waals surface area contributed by atoms with Crippen LogP contribution in [-0.4, -0.2) is 34.0 Å². The Morgan fingerprint density at radius 1 is 0.800 bits per heavy atom. The number of aliphatic hydroxyl groups excluding tert-OH is 1. The standard InChI is InChI=1S/C46H80O4/c1-8-9-10-11-12-13-14-15-16-17-18-19-20-21-22-23-43(48)50-37-28-31-45(7)41-29-30-44(6)39(36(5)25-24-35(4)34(2)3)26-27-40(44)38(41)32-42(47)46(45,49)33-37/h24-25,32,34-37,39-42,47,49H,8-23,26-31,33H2,1-7H3/b25-24-/t35-,36+,37-,39+,40-,41-,42-,44+,45+,46-/m0/s1. The average Bonchev–Trinajstić information content (AvgIpc) is 3.44. The van der Waals surface area contributed by atoms with Crippen molar-refractivity contribution >= 4 is 5.97 Å². The van der Waals surface area contributed by atoms with Crippen LogP contribution in [0.5, 0.6) is 0 Å². The number of rotatable bonds is 21. The van der Waals surface area contributed by atoms with Crippen molar-refractivity contribution in [3.05, 3.63) is 23.8 Å². The summed E-state index contributed by atoms with van der Waals surface area (Å²) in [5, 5.41) is 23.9. The number of carbonyl (C=O) groups excluding carboxylic acids is 1. The van der Waals surface area contributed by atoms with E-state index in [1.807, 2.05) is 0 Å². The first-order valence-corrected chi connectivity index (χ1v) is 21.9. The number of fused-ring (bicyclic) bond motifs is 5. The molecule has 0 aromatic heterocycles. The van der Waals surface area contributed by atoms with Gasteiger partial charge in [-0.15, -0.1) is 0 Å². The molecule has 4 aliphatic rings. The van der Waals surface area contributed by atoms with Gasteiger partial charge in [0.15, 0.2) is 0 Å². The highest BCUT2D eigenvalue weighted by atomic mass is 16.5. The van der Waals surface area contributed by atoms with E-state index in [0.717, 1.165) is 32.1 Å². The molecule has 4 aliphatic carbocycles. The zero-order valence-electron chi connectivity index (χ0n) is 33.8. The van der Waals surface area contributed by atoms with E-state index in [2.05, 4.69) is 66.7 Å². The molecule has 0 amide bonds. The van der Waals surface area contributed by atoms with E-state index in [-0.39, 0.29) is 23.4 Å². The second-order valence-electron chi connectivity index (χ2n) is 18.7. The van der Waals surface area contributed by atoms with Gasteiger partial charge in [0, 0.05) is 18.3 Å². The molecule has 4 rings (SSSR count). The highest BCUT2D eigenvalue weighted by Gasteiger charge is 2.65. The van der Waals surface area contributed by atoms with Crippen molar-refractivity contribution in [2.45, 2.75) is 214 Å². The normalized spacial score (nSPS) is 35.0. The van der Waals surface area contributed by atoms with Gasteiger partial charge in [0.1, 0.15) is 17.8 Å². The molecule has 0 spiro atoms. The van der Waals surface area contributed by atoms with Crippen LogP contribution in [0.15, 0.2) is 23.8 Å². The molecule has 3 saturated carbocycles. The fourth-order valence-electron chi connectivity index (χ4n) is 11.1. The van der Waals surface area contributed by atoms with E-state index in [9.17, 15) is 15.0 Å². The van der Waals surface area contributed by atoms with Crippen molar-refractivity contribution in [2.24, 2.45) is 46.3 Å². The predicted octanol–water partition coefficient (Wildman–Crippen LogP) is 12.3. The molecule has 0 heterocycles. The Hall–Kier alpha value is -1.13. The molecule has 50 heavy (non-hydrogen) atoms. The Balaban J connectivity index is 1.19. The molecule has 0 radical (unpaired) electrons. The van der Waals surface area contributed by atoms with Gasteiger partial charge in [0.25, 0.3) is 0 Å². The second kappa shape index (κ2) is 19.3. The summed E-state index contributed by atoms with van der Waals surface area (Å²) in [5.74, 6) is 3.08. The molecule has 0 saturated heterocycles. The third kappa shape index (κ3) is 9.89. The number of aliphatic hydroxyl groups is 2. The minimum atomic E-state index is -1.26. The van der Waals surface area contributed by atoms with Crippen LogP contribution in [-0.2, 0) is 9.53 Å². The van der Waals surface area contributed by atoms with E-state index in [1.165, 1.54) is 108 Å². The van der Waals surface area contributed by atoms with Gasteiger partial charge < -0.3 is 14.9 Å². The van der Waals surface area contributed by atoms with Crippen molar-refractivity contribution in [3.8, 4) is 0 Å². The topological polar surface area (TPSA) is 66.8 Å². The fourth-order valence-corrected chi connectivity index (χ4v) is 11.1. The smallest absolute Gasteiger partial charge is 0.306 e. The van der Waals surface area contributed by atoms with Gasteiger partial charge in [0.2, 0.25) is 0 Å². The summed E-state index contributed by atoms with van der Waals surface area (Å²) in [5.41, 5.74) is 0.00787. The monoisotopic (exact) mass is 697 g/mol. The van der Waals surface area contributed by atoms with E-state index >= 15 is 0 Å². The number of carbonyl (C=O) groups is 1. The summed E-state index contributed by atoms with van der Waals surface area (Å²) in [6, 6.07) is 0. The minimum Gasteiger partial charge on any atom is -0.462 e. The molecule has 10 atom stereocenters. The van der Waals surface area contributed by atoms with Crippen LogP contribution in [0.3, 0.4) is 0 Å². The van der Waals surface area contributed by atoms with Crippen LogP contribution in [0, 0.1) is 46.3 Å². The van der Waals surface area contributed by atoms with E-state index in [4.69, 9.17) is 4.74 Å². The first kappa shape index (κ1) is 41.6. The molecule has 288 valence electrons. The van der Waals surface area contributed by atoms with E-state index < -0.39 is 17.1 Å². The Morgan fingerprint density at radius 3 is 1.96 bits per heavy atom. The highest BCUT2D eigenvalue weighted by Crippen LogP contribution is 2.67. The Kier molecular flexibility index (Phi) is 16.0. The summed E-state index contributed by atoms with van der Waals surface area (Å²) >= 11 is 0. The van der Waals surface area contributed by atoms with E-state index in [1.54, 1.807) is 0 Å². The van der Waals surface area contributed by atoms with Gasteiger partial charge in [0.05, 0.1) is 0 Å². The summed E-state index contributed by atoms with van der Waals surface area (Å²) in [7, 11) is 0. The van der Waals surface area contributed by atoms with Crippen molar-refractivity contribution in [3.63, 3.8) is 0 Å². The molecular weight excluding hydrogens is 617 g/mol. The summed E-state index contributed by atoms with van der Waals surface area (Å²) < 4.78 is 6.00. The van der Waals surface area contributed by atoms with E-state index in [0.29, 0.717) is 42.4 Å². The molecule has 0 aliphatic heterocycles. The van der Waals surface area contributed by atoms with Crippen LogP contribution < -0.4 is 0 Å². The molecule has 0 bridgehead atoms. The fraction of sp³-hybridized carbons (Fsp3) is 0.891. The maximum atomic E-state index is 12.9. The lowest BCUT2D eigenvalue weighted by molar-refractivity contribution is -0.216. The number of allylic oxidation sites excluding steroid dienone is 3. The van der Waals surface area contributed by atoms with Crippen molar-refractivity contribution in [1.82, 2.24) is 0 Å². The molecular formula is C46H80O4. The summed E-state index contributed by atoms with van der Waals surface area (Å²) in [6.07, 6.45) is 32.5. The maximum absolute atomic E-state index is 12.9. The third-order valence-electron chi connectivity index (χ3n) is 15.0. The van der Waals surface area contributed by atoms with Gasteiger partial charge in [-0.1, -0.05) is 162 Å². The lowest BCUT2D eigenvalue weighted by Gasteiger charge is -2.62. The van der Waals surface area contributed by atoms with Gasteiger partial charge >= 0.3 is 5.97 Å². The molecule has 0 aromatic rings. The van der Waals surface area contributed by atoms with Crippen LogP contribution in [0.2, 0.25) is 0 Å². The predicted molar refractivity (Wildman–Crippen MR) is 210 cm³/mol. The van der Waals surface area contributed by atoms with Crippen LogP contribution in [0.1, 0.15) is 196 Å². The third-order valence-corrected chi connectivity index (χ3v) is 15.0. The second-order valence-corrected chi connectivity index (χ2v) is 18.7. The minimum absolute atomic E-state index is 0.130. The number of hydrogen-bond acceptors (Lipinski definition) is 4. The van der Waals surface area contributed by atoms with Crippen molar-refractivity contribution < 1.29 is 19.7 Å². The summed E-state index contributed by atoms with van der Waals surface area (Å²) in [6.45, 7) is 16.4. The van der Waals surface area contributed by atoms with Gasteiger partial charge in [-0.25, -0.2) is 0 Å². The molecule has 0 unspecified atom stereocenters. The number of hydrogen-bond donors (Lipinski definition) is 2. The number of unbranched alkanes of at least 4 members (excludes halogenated alkanes) is 14.